The van der Waals surface area contributed by atoms with Gasteiger partial charge in [0.25, 0.3) is 11.8 Å². The maximum Gasteiger partial charge on any atom is 0.335 e. The molecule has 1 aliphatic heterocycles. The second-order valence-corrected chi connectivity index (χ2v) is 6.82. The number of phenols is 1. The predicted molar refractivity (Wildman–Crippen MR) is 111 cm³/mol. The number of nitrogens with one attached hydrogen (secondary N) is 1. The van der Waals surface area contributed by atoms with Crippen LogP contribution < -0.4 is 15.0 Å². The molecule has 1 saturated heterocycles. The molecule has 4 amide bonds. The van der Waals surface area contributed by atoms with Gasteiger partial charge in [0.2, 0.25) is 5.75 Å². The van der Waals surface area contributed by atoms with Crippen molar-refractivity contribution in [2.24, 2.45) is 0 Å². The highest BCUT2D eigenvalue weighted by Gasteiger charge is 2.37. The molecule has 0 bridgehead atoms. The molecule has 0 radical (unpaired) electrons. The smallest absolute Gasteiger partial charge is 0.335 e. The number of benzene rings is 2. The number of hydrogen-bond donors (Lipinski definition) is 2. The minimum atomic E-state index is -0.940. The van der Waals surface area contributed by atoms with E-state index in [9.17, 15) is 29.6 Å². The van der Waals surface area contributed by atoms with Crippen molar-refractivity contribution in [2.75, 3.05) is 11.5 Å². The molecular weight excluding hydrogens is 406 g/mol. The van der Waals surface area contributed by atoms with E-state index in [1.807, 2.05) is 6.92 Å². The number of amides is 4. The van der Waals surface area contributed by atoms with Gasteiger partial charge in [-0.1, -0.05) is 17.7 Å². The van der Waals surface area contributed by atoms with Crippen molar-refractivity contribution in [3.05, 3.63) is 62.7 Å². The fraction of sp³-hybridized carbons (Fsp3) is 0.190. The molecule has 10 heteroatoms. The maximum atomic E-state index is 13.0. The lowest BCUT2D eigenvalue weighted by atomic mass is 10.0. The van der Waals surface area contributed by atoms with Gasteiger partial charge in [0, 0.05) is 6.07 Å². The van der Waals surface area contributed by atoms with Gasteiger partial charge < -0.3 is 9.84 Å². The molecule has 3 rings (SSSR count). The van der Waals surface area contributed by atoms with Crippen LogP contribution in [0, 0.1) is 24.0 Å². The van der Waals surface area contributed by atoms with Gasteiger partial charge in [0.1, 0.15) is 5.57 Å². The fourth-order valence-electron chi connectivity index (χ4n) is 3.20. The molecular formula is C21H19N3O7. The quantitative estimate of drug-likeness (QED) is 0.325. The summed E-state index contributed by atoms with van der Waals surface area (Å²) in [5.74, 6) is -2.66. The fourth-order valence-corrected chi connectivity index (χ4v) is 3.20. The molecule has 31 heavy (non-hydrogen) atoms. The van der Waals surface area contributed by atoms with Crippen molar-refractivity contribution in [1.29, 1.82) is 0 Å². The third-order valence-corrected chi connectivity index (χ3v) is 4.58. The molecule has 160 valence electrons. The number of carbonyl (C=O) groups is 3. The lowest BCUT2D eigenvalue weighted by Crippen LogP contribution is -2.54. The molecule has 10 nitrogen and oxygen atoms in total. The van der Waals surface area contributed by atoms with Gasteiger partial charge in [0.15, 0.2) is 5.75 Å². The Hall–Kier alpha value is -4.21. The van der Waals surface area contributed by atoms with Gasteiger partial charge in [-0.15, -0.1) is 0 Å². The molecule has 2 aromatic carbocycles. The van der Waals surface area contributed by atoms with Gasteiger partial charge in [0.05, 0.1) is 17.2 Å². The molecule has 0 saturated carbocycles. The first kappa shape index (κ1) is 21.5. The number of hydrogen-bond acceptors (Lipinski definition) is 7. The molecule has 0 aromatic heterocycles. The minimum Gasteiger partial charge on any atom is -0.500 e. The second kappa shape index (κ2) is 8.27. The van der Waals surface area contributed by atoms with Gasteiger partial charge in [-0.05, 0) is 50.1 Å². The molecule has 0 unspecified atom stereocenters. The number of ether oxygens (including phenoxy) is 1. The summed E-state index contributed by atoms with van der Waals surface area (Å²) in [5, 5.41) is 23.4. The average Bonchev–Trinajstić information content (AvgIpc) is 2.68. The van der Waals surface area contributed by atoms with Gasteiger partial charge in [-0.2, -0.15) is 0 Å². The van der Waals surface area contributed by atoms with Gasteiger partial charge >= 0.3 is 11.7 Å². The van der Waals surface area contributed by atoms with E-state index in [-0.39, 0.29) is 17.9 Å². The summed E-state index contributed by atoms with van der Waals surface area (Å²) in [7, 11) is 0. The van der Waals surface area contributed by atoms with E-state index in [2.05, 4.69) is 5.32 Å². The number of urea groups is 1. The largest absolute Gasteiger partial charge is 0.500 e. The summed E-state index contributed by atoms with van der Waals surface area (Å²) in [6, 6.07) is 6.47. The third-order valence-electron chi connectivity index (χ3n) is 4.58. The van der Waals surface area contributed by atoms with Crippen LogP contribution in [0.2, 0.25) is 0 Å². The van der Waals surface area contributed by atoms with Crippen LogP contribution in [0.4, 0.5) is 16.2 Å². The van der Waals surface area contributed by atoms with Crippen molar-refractivity contribution in [3.8, 4) is 11.5 Å². The lowest BCUT2D eigenvalue weighted by Gasteiger charge is -2.27. The molecule has 0 aliphatic carbocycles. The summed E-state index contributed by atoms with van der Waals surface area (Å²) in [6.07, 6.45) is 1.11. The summed E-state index contributed by atoms with van der Waals surface area (Å²) in [4.78, 5) is 49.1. The second-order valence-electron chi connectivity index (χ2n) is 6.82. The number of aromatic hydroxyl groups is 1. The van der Waals surface area contributed by atoms with Crippen molar-refractivity contribution < 1.29 is 29.2 Å². The molecule has 0 atom stereocenters. The summed E-state index contributed by atoms with van der Waals surface area (Å²) < 4.78 is 5.21. The van der Waals surface area contributed by atoms with E-state index in [4.69, 9.17) is 4.74 Å². The number of nitro benzene ring substituents is 1. The van der Waals surface area contributed by atoms with E-state index < -0.39 is 39.8 Å². The SMILES string of the molecule is CCOc1cc(C=C2C(=O)NC(=O)N(c3ccc(C)cc3C)C2=O)cc([N+](=O)[O-])c1O. The van der Waals surface area contributed by atoms with Crippen LogP contribution in [0.15, 0.2) is 35.9 Å². The maximum absolute atomic E-state index is 13.0. The van der Waals surface area contributed by atoms with Crippen LogP contribution >= 0.6 is 0 Å². The topological polar surface area (TPSA) is 139 Å². The summed E-state index contributed by atoms with van der Waals surface area (Å²) >= 11 is 0. The van der Waals surface area contributed by atoms with E-state index in [0.29, 0.717) is 11.3 Å². The Morgan fingerprint density at radius 1 is 1.19 bits per heavy atom. The monoisotopic (exact) mass is 425 g/mol. The van der Waals surface area contributed by atoms with E-state index >= 15 is 0 Å². The first-order valence-electron chi connectivity index (χ1n) is 9.27. The van der Waals surface area contributed by atoms with Crippen molar-refractivity contribution >= 4 is 35.3 Å². The van der Waals surface area contributed by atoms with Crippen LogP contribution in [0.25, 0.3) is 6.08 Å². The number of phenolic OH excluding ortho intramolecular Hbond substituents is 1. The zero-order chi connectivity index (χ0) is 22.9. The number of nitrogens with zero attached hydrogens (tertiary/aromatic N) is 2. The highest BCUT2D eigenvalue weighted by atomic mass is 16.6. The third kappa shape index (κ3) is 4.08. The van der Waals surface area contributed by atoms with E-state index in [1.54, 1.807) is 32.0 Å². The number of imide groups is 2. The molecule has 2 aromatic rings. The first-order chi connectivity index (χ1) is 14.6. The van der Waals surface area contributed by atoms with E-state index in [1.165, 1.54) is 6.07 Å². The number of aryl methyl sites for hydroxylation is 2. The Morgan fingerprint density at radius 2 is 1.90 bits per heavy atom. The Morgan fingerprint density at radius 3 is 2.52 bits per heavy atom. The van der Waals surface area contributed by atoms with Crippen LogP contribution in [-0.2, 0) is 9.59 Å². The van der Waals surface area contributed by atoms with Crippen molar-refractivity contribution in [2.45, 2.75) is 20.8 Å². The van der Waals surface area contributed by atoms with Crippen LogP contribution in [0.3, 0.4) is 0 Å². The van der Waals surface area contributed by atoms with Crippen LogP contribution in [-0.4, -0.2) is 34.5 Å². The first-order valence-corrected chi connectivity index (χ1v) is 9.27. The number of carbonyl (C=O) groups excluding carboxylic acids is 3. The highest BCUT2D eigenvalue weighted by molar-refractivity contribution is 6.39. The Bertz CT molecular complexity index is 1150. The van der Waals surface area contributed by atoms with Crippen molar-refractivity contribution in [3.63, 3.8) is 0 Å². The zero-order valence-corrected chi connectivity index (χ0v) is 17.0. The Labute approximate surface area is 176 Å². The molecule has 1 heterocycles. The van der Waals surface area contributed by atoms with Gasteiger partial charge in [-0.3, -0.25) is 25.0 Å². The number of nitro groups is 1. The molecule has 1 aliphatic rings. The average molecular weight is 425 g/mol. The molecule has 2 N–H and O–H groups in total. The Kier molecular flexibility index (Phi) is 5.73. The molecule has 0 spiro atoms. The number of barbiturate groups is 1. The predicted octanol–water partition coefficient (Wildman–Crippen LogP) is 2.98. The summed E-state index contributed by atoms with van der Waals surface area (Å²) in [5.41, 5.74) is 0.902. The highest BCUT2D eigenvalue weighted by Crippen LogP contribution is 2.38. The lowest BCUT2D eigenvalue weighted by molar-refractivity contribution is -0.386. The standard InChI is InChI=1S/C21H19N3O7/c1-4-31-17-10-13(9-16(18(17)25)24(29)30)8-14-19(26)22-21(28)23(20(14)27)15-6-5-11(2)7-12(15)3/h5-10,25H,4H2,1-3H3,(H,22,26,28). The zero-order valence-electron chi connectivity index (χ0n) is 17.0. The van der Waals surface area contributed by atoms with Gasteiger partial charge in [-0.25, -0.2) is 9.69 Å². The minimum absolute atomic E-state index is 0.0707. The molecule has 1 fully saturated rings. The Balaban J connectivity index is 2.11. The number of anilines is 1. The van der Waals surface area contributed by atoms with Crippen LogP contribution in [0.1, 0.15) is 23.6 Å². The van der Waals surface area contributed by atoms with E-state index in [0.717, 1.165) is 22.6 Å². The summed E-state index contributed by atoms with van der Waals surface area (Å²) in [6.45, 7) is 5.33. The van der Waals surface area contributed by atoms with Crippen molar-refractivity contribution in [1.82, 2.24) is 5.32 Å². The number of rotatable bonds is 5. The van der Waals surface area contributed by atoms with Crippen LogP contribution in [0.5, 0.6) is 11.5 Å². The normalized spacial score (nSPS) is 15.3.